The Kier molecular flexibility index (Phi) is 3.18. The van der Waals surface area contributed by atoms with Gasteiger partial charge in [0.25, 0.3) is 0 Å². The van der Waals surface area contributed by atoms with E-state index >= 15 is 0 Å². The zero-order valence-corrected chi connectivity index (χ0v) is 10.4. The van der Waals surface area contributed by atoms with E-state index in [1.165, 1.54) is 15.6 Å². The lowest BCUT2D eigenvalue weighted by Gasteiger charge is -2.18. The first-order valence-corrected chi connectivity index (χ1v) is 5.43. The van der Waals surface area contributed by atoms with E-state index in [2.05, 4.69) is 61.8 Å². The number of halogens is 1. The third-order valence-electron chi connectivity index (χ3n) is 1.97. The average molecular weight is 241 g/mol. The number of benzene rings is 1. The van der Waals surface area contributed by atoms with E-state index in [4.69, 9.17) is 0 Å². The second-order valence-corrected chi connectivity index (χ2v) is 5.68. The van der Waals surface area contributed by atoms with Crippen LogP contribution in [0.4, 0.5) is 0 Å². The number of hydrogen-bond donors (Lipinski definition) is 0. The fourth-order valence-electron chi connectivity index (χ4n) is 1.36. The van der Waals surface area contributed by atoms with Crippen molar-refractivity contribution in [2.24, 2.45) is 5.41 Å². The first-order chi connectivity index (χ1) is 5.88. The van der Waals surface area contributed by atoms with Gasteiger partial charge in [0, 0.05) is 4.47 Å². The molecule has 0 amide bonds. The predicted molar refractivity (Wildman–Crippen MR) is 62.0 cm³/mol. The molecule has 0 saturated carbocycles. The zero-order chi connectivity index (χ0) is 10.1. The van der Waals surface area contributed by atoms with E-state index in [9.17, 15) is 0 Å². The molecule has 0 unspecified atom stereocenters. The molecule has 0 saturated heterocycles. The summed E-state index contributed by atoms with van der Waals surface area (Å²) in [5.74, 6) is 0. The third kappa shape index (κ3) is 3.51. The van der Waals surface area contributed by atoms with Crippen molar-refractivity contribution in [3.8, 4) is 0 Å². The van der Waals surface area contributed by atoms with E-state index < -0.39 is 0 Å². The van der Waals surface area contributed by atoms with Crippen molar-refractivity contribution < 1.29 is 0 Å². The van der Waals surface area contributed by atoms with E-state index in [1.54, 1.807) is 0 Å². The van der Waals surface area contributed by atoms with Crippen molar-refractivity contribution in [1.29, 1.82) is 0 Å². The van der Waals surface area contributed by atoms with Crippen LogP contribution in [0.25, 0.3) is 0 Å². The number of hydrogen-bond acceptors (Lipinski definition) is 0. The van der Waals surface area contributed by atoms with E-state index in [1.807, 2.05) is 0 Å². The fourth-order valence-corrected chi connectivity index (χ4v) is 1.78. The Morgan fingerprint density at radius 1 is 1.23 bits per heavy atom. The summed E-state index contributed by atoms with van der Waals surface area (Å²) in [4.78, 5) is 0. The average Bonchev–Trinajstić information content (AvgIpc) is 1.94. The van der Waals surface area contributed by atoms with Gasteiger partial charge in [0.1, 0.15) is 0 Å². The Balaban J connectivity index is 2.86. The molecule has 0 aromatic heterocycles. The quantitative estimate of drug-likeness (QED) is 0.685. The Morgan fingerprint density at radius 3 is 2.31 bits per heavy atom. The summed E-state index contributed by atoms with van der Waals surface area (Å²) in [5, 5.41) is 0. The molecule has 1 aromatic rings. The van der Waals surface area contributed by atoms with Crippen LogP contribution in [0.15, 0.2) is 22.7 Å². The topological polar surface area (TPSA) is 0 Å². The van der Waals surface area contributed by atoms with Gasteiger partial charge < -0.3 is 0 Å². The van der Waals surface area contributed by atoms with Crippen molar-refractivity contribution in [2.45, 2.75) is 34.1 Å². The summed E-state index contributed by atoms with van der Waals surface area (Å²) in [6.45, 7) is 8.91. The second kappa shape index (κ2) is 3.83. The van der Waals surface area contributed by atoms with Gasteiger partial charge in [-0.2, -0.15) is 0 Å². The van der Waals surface area contributed by atoms with Crippen LogP contribution in [-0.2, 0) is 6.42 Å². The third-order valence-corrected chi connectivity index (χ3v) is 2.83. The second-order valence-electron chi connectivity index (χ2n) is 4.82. The van der Waals surface area contributed by atoms with Crippen LogP contribution < -0.4 is 0 Å². The van der Waals surface area contributed by atoms with Crippen molar-refractivity contribution in [2.75, 3.05) is 0 Å². The Bertz CT molecular complexity index is 294. The van der Waals surface area contributed by atoms with Crippen LogP contribution in [0, 0.1) is 12.3 Å². The molecule has 0 atom stereocenters. The summed E-state index contributed by atoms with van der Waals surface area (Å²) in [6.07, 6.45) is 1.13. The fraction of sp³-hybridized carbons (Fsp3) is 0.500. The van der Waals surface area contributed by atoms with Crippen molar-refractivity contribution >= 4 is 15.9 Å². The molecule has 0 aliphatic carbocycles. The highest BCUT2D eigenvalue weighted by Gasteiger charge is 2.11. The zero-order valence-electron chi connectivity index (χ0n) is 8.82. The van der Waals surface area contributed by atoms with Gasteiger partial charge in [-0.3, -0.25) is 0 Å². The van der Waals surface area contributed by atoms with Gasteiger partial charge in [0.05, 0.1) is 0 Å². The van der Waals surface area contributed by atoms with Crippen molar-refractivity contribution in [3.05, 3.63) is 33.8 Å². The molecule has 1 heteroatoms. The molecular formula is C12H17Br. The van der Waals surface area contributed by atoms with Crippen LogP contribution in [-0.4, -0.2) is 0 Å². The standard InChI is InChI=1S/C12H17Br/c1-9-5-6-10(7-11(9)13)8-12(2,3)4/h5-7H,8H2,1-4H3. The Morgan fingerprint density at radius 2 is 1.85 bits per heavy atom. The lowest BCUT2D eigenvalue weighted by atomic mass is 9.88. The molecule has 0 spiro atoms. The van der Waals surface area contributed by atoms with Crippen LogP contribution in [0.2, 0.25) is 0 Å². The summed E-state index contributed by atoms with van der Waals surface area (Å²) in [7, 11) is 0. The lowest BCUT2D eigenvalue weighted by molar-refractivity contribution is 0.411. The minimum absolute atomic E-state index is 0.370. The van der Waals surface area contributed by atoms with Gasteiger partial charge in [0.15, 0.2) is 0 Å². The molecular weight excluding hydrogens is 224 g/mol. The monoisotopic (exact) mass is 240 g/mol. The first kappa shape index (κ1) is 10.8. The summed E-state index contributed by atoms with van der Waals surface area (Å²) < 4.78 is 1.22. The minimum Gasteiger partial charge on any atom is -0.0599 e. The summed E-state index contributed by atoms with van der Waals surface area (Å²) >= 11 is 3.55. The molecule has 1 rings (SSSR count). The molecule has 0 nitrogen and oxygen atoms in total. The molecule has 0 fully saturated rings. The SMILES string of the molecule is Cc1ccc(CC(C)(C)C)cc1Br. The largest absolute Gasteiger partial charge is 0.0599 e. The van der Waals surface area contributed by atoms with E-state index in [0.717, 1.165) is 6.42 Å². The van der Waals surface area contributed by atoms with E-state index in [0.29, 0.717) is 5.41 Å². The smallest absolute Gasteiger partial charge is 0.0207 e. The number of aryl methyl sites for hydroxylation is 1. The Hall–Kier alpha value is -0.300. The van der Waals surface area contributed by atoms with Gasteiger partial charge in [-0.05, 0) is 36.0 Å². The van der Waals surface area contributed by atoms with Gasteiger partial charge in [0.2, 0.25) is 0 Å². The summed E-state index contributed by atoms with van der Waals surface area (Å²) in [5.41, 5.74) is 3.08. The predicted octanol–water partition coefficient (Wildman–Crippen LogP) is 4.35. The molecule has 0 heterocycles. The lowest BCUT2D eigenvalue weighted by Crippen LogP contribution is -2.09. The molecule has 1 aromatic carbocycles. The molecule has 13 heavy (non-hydrogen) atoms. The van der Waals surface area contributed by atoms with Crippen LogP contribution in [0.3, 0.4) is 0 Å². The highest BCUT2D eigenvalue weighted by molar-refractivity contribution is 9.10. The normalized spacial score (nSPS) is 11.8. The molecule has 0 bridgehead atoms. The molecule has 0 radical (unpaired) electrons. The van der Waals surface area contributed by atoms with Gasteiger partial charge >= 0.3 is 0 Å². The molecule has 72 valence electrons. The highest BCUT2D eigenvalue weighted by Crippen LogP contribution is 2.24. The molecule has 0 aliphatic rings. The maximum absolute atomic E-state index is 3.55. The van der Waals surface area contributed by atoms with Crippen molar-refractivity contribution in [1.82, 2.24) is 0 Å². The van der Waals surface area contributed by atoms with Crippen LogP contribution in [0.5, 0.6) is 0 Å². The maximum Gasteiger partial charge on any atom is 0.0207 e. The van der Waals surface area contributed by atoms with Crippen molar-refractivity contribution in [3.63, 3.8) is 0 Å². The van der Waals surface area contributed by atoms with Gasteiger partial charge in [-0.1, -0.05) is 48.8 Å². The van der Waals surface area contributed by atoms with Gasteiger partial charge in [-0.25, -0.2) is 0 Å². The maximum atomic E-state index is 3.55. The summed E-state index contributed by atoms with van der Waals surface area (Å²) in [6, 6.07) is 6.61. The molecule has 0 N–H and O–H groups in total. The van der Waals surface area contributed by atoms with Gasteiger partial charge in [-0.15, -0.1) is 0 Å². The first-order valence-electron chi connectivity index (χ1n) is 4.63. The van der Waals surface area contributed by atoms with E-state index in [-0.39, 0.29) is 0 Å². The highest BCUT2D eigenvalue weighted by atomic mass is 79.9. The van der Waals surface area contributed by atoms with Crippen LogP contribution >= 0.6 is 15.9 Å². The van der Waals surface area contributed by atoms with Crippen LogP contribution in [0.1, 0.15) is 31.9 Å². The minimum atomic E-state index is 0.370. The molecule has 0 aliphatic heterocycles. The number of rotatable bonds is 1. The Labute approximate surface area is 89.5 Å².